The molecule has 0 aromatic carbocycles. The van der Waals surface area contributed by atoms with Crippen LogP contribution in [0.5, 0.6) is 0 Å². The van der Waals surface area contributed by atoms with Crippen molar-refractivity contribution < 1.29 is 57.2 Å². The predicted molar refractivity (Wildman–Crippen MR) is 140 cm³/mol. The fourth-order valence-corrected chi connectivity index (χ4v) is 2.25. The molecule has 0 aliphatic carbocycles. The highest BCUT2D eigenvalue weighted by atomic mass is 16.9. The number of rotatable bonds is 14. The maximum atomic E-state index is 13.0. The normalized spacial score (nSPS) is 11.5. The summed E-state index contributed by atoms with van der Waals surface area (Å²) in [5.74, 6) is -15.1. The SMILES string of the molecule is C=C(C)C(=O)OC(C)C(OC(=O)C(=C)C)(OC(=O)C(=C)C)C(OC(=O)C(=C)C)(OC(=O)C(=C)C)OC(=O)C(=C)C. The van der Waals surface area contributed by atoms with Crippen LogP contribution in [-0.4, -0.2) is 53.7 Å². The van der Waals surface area contributed by atoms with E-state index in [0.717, 1.165) is 6.92 Å². The number of carbonyl (C=O) groups excluding carboxylic acids is 6. The van der Waals surface area contributed by atoms with Crippen LogP contribution < -0.4 is 0 Å². The monoisotopic (exact) mass is 562 g/mol. The maximum absolute atomic E-state index is 13.0. The van der Waals surface area contributed by atoms with Crippen LogP contribution in [0.1, 0.15) is 48.5 Å². The van der Waals surface area contributed by atoms with Gasteiger partial charge >= 0.3 is 47.6 Å². The second-order valence-corrected chi connectivity index (χ2v) is 8.90. The van der Waals surface area contributed by atoms with Gasteiger partial charge in [0.05, 0.1) is 0 Å². The third-order valence-electron chi connectivity index (χ3n) is 4.51. The Balaban J connectivity index is 8.20. The van der Waals surface area contributed by atoms with Crippen LogP contribution in [0.3, 0.4) is 0 Å². The van der Waals surface area contributed by atoms with Crippen LogP contribution >= 0.6 is 0 Å². The van der Waals surface area contributed by atoms with Crippen molar-refractivity contribution in [3.05, 3.63) is 72.9 Å². The third-order valence-corrected chi connectivity index (χ3v) is 4.51. The smallest absolute Gasteiger partial charge is 0.450 e. The predicted octanol–water partition coefficient (Wildman–Crippen LogP) is 3.44. The highest BCUT2D eigenvalue weighted by Crippen LogP contribution is 2.42. The number of hydrogen-bond acceptors (Lipinski definition) is 12. The van der Waals surface area contributed by atoms with Gasteiger partial charge in [-0.1, -0.05) is 39.5 Å². The van der Waals surface area contributed by atoms with E-state index in [1.807, 2.05) is 0 Å². The largest absolute Gasteiger partial charge is 0.511 e. The lowest BCUT2D eigenvalue weighted by atomic mass is 10.1. The van der Waals surface area contributed by atoms with Crippen molar-refractivity contribution >= 4 is 35.8 Å². The molecule has 1 atom stereocenters. The van der Waals surface area contributed by atoms with Crippen LogP contribution in [0.25, 0.3) is 0 Å². The van der Waals surface area contributed by atoms with Crippen molar-refractivity contribution in [2.24, 2.45) is 0 Å². The molecule has 1 unspecified atom stereocenters. The fraction of sp³-hybridized carbons (Fsp3) is 0.357. The van der Waals surface area contributed by atoms with E-state index in [9.17, 15) is 28.8 Å². The topological polar surface area (TPSA) is 158 Å². The highest BCUT2D eigenvalue weighted by Gasteiger charge is 2.74. The molecule has 0 aliphatic heterocycles. The Bertz CT molecular complexity index is 1100. The van der Waals surface area contributed by atoms with Crippen molar-refractivity contribution in [1.29, 1.82) is 0 Å². The Morgan fingerprint density at radius 3 is 0.900 bits per heavy atom. The van der Waals surface area contributed by atoms with Gasteiger partial charge in [-0.25, -0.2) is 28.8 Å². The van der Waals surface area contributed by atoms with E-state index in [-0.39, 0.29) is 33.4 Å². The molecule has 0 N–H and O–H groups in total. The number of ether oxygens (including phenoxy) is 6. The first kappa shape index (κ1) is 35.3. The van der Waals surface area contributed by atoms with Crippen LogP contribution in [0, 0.1) is 0 Å². The molecule has 12 heteroatoms. The van der Waals surface area contributed by atoms with E-state index in [1.54, 1.807) is 0 Å². The maximum Gasteiger partial charge on any atom is 0.511 e. The first-order chi connectivity index (χ1) is 18.1. The van der Waals surface area contributed by atoms with Crippen LogP contribution in [0.2, 0.25) is 0 Å². The molecule has 218 valence electrons. The molecular weight excluding hydrogens is 528 g/mol. The lowest BCUT2D eigenvalue weighted by Crippen LogP contribution is -2.70. The Labute approximate surface area is 232 Å². The summed E-state index contributed by atoms with van der Waals surface area (Å²) in [6, 6.07) is 0. The van der Waals surface area contributed by atoms with Gasteiger partial charge < -0.3 is 28.4 Å². The summed E-state index contributed by atoms with van der Waals surface area (Å²) in [4.78, 5) is 77.2. The Morgan fingerprint density at radius 2 is 0.675 bits per heavy atom. The van der Waals surface area contributed by atoms with Crippen LogP contribution in [0.15, 0.2) is 72.9 Å². The van der Waals surface area contributed by atoms with E-state index >= 15 is 0 Å². The van der Waals surface area contributed by atoms with Crippen molar-refractivity contribution in [3.8, 4) is 0 Å². The zero-order chi connectivity index (χ0) is 31.7. The summed E-state index contributed by atoms with van der Waals surface area (Å²) >= 11 is 0. The summed E-state index contributed by atoms with van der Waals surface area (Å²) in [6.45, 7) is 28.6. The van der Waals surface area contributed by atoms with E-state index in [2.05, 4.69) is 39.5 Å². The van der Waals surface area contributed by atoms with Crippen molar-refractivity contribution in [2.45, 2.75) is 66.3 Å². The number of carbonyl (C=O) groups is 6. The van der Waals surface area contributed by atoms with Gasteiger partial charge in [-0.3, -0.25) is 0 Å². The van der Waals surface area contributed by atoms with Crippen molar-refractivity contribution in [1.82, 2.24) is 0 Å². The molecule has 0 saturated heterocycles. The van der Waals surface area contributed by atoms with Gasteiger partial charge in [0.15, 0.2) is 6.10 Å². The molecule has 0 aromatic rings. The minimum absolute atomic E-state index is 0.180. The van der Waals surface area contributed by atoms with Gasteiger partial charge in [0, 0.05) is 33.4 Å². The zero-order valence-corrected chi connectivity index (χ0v) is 23.7. The number of hydrogen-bond donors (Lipinski definition) is 0. The van der Waals surface area contributed by atoms with Crippen LogP contribution in [0.4, 0.5) is 0 Å². The fourth-order valence-electron chi connectivity index (χ4n) is 2.25. The van der Waals surface area contributed by atoms with Gasteiger partial charge in [0.2, 0.25) is 0 Å². The lowest BCUT2D eigenvalue weighted by molar-refractivity contribution is -0.452. The molecule has 0 radical (unpaired) electrons. The Hall–Kier alpha value is -4.74. The molecule has 0 heterocycles. The average Bonchev–Trinajstić information content (AvgIpc) is 2.82. The molecular formula is C28H34O12. The number of esters is 6. The summed E-state index contributed by atoms with van der Waals surface area (Å²) in [6.07, 6.45) is -2.07. The molecule has 0 aromatic heterocycles. The second-order valence-electron chi connectivity index (χ2n) is 8.90. The first-order valence-electron chi connectivity index (χ1n) is 11.4. The zero-order valence-electron chi connectivity index (χ0n) is 23.7. The quantitative estimate of drug-likeness (QED) is 0.132. The third kappa shape index (κ3) is 8.65. The summed E-state index contributed by atoms with van der Waals surface area (Å²) in [5.41, 5.74) is -1.88. The van der Waals surface area contributed by atoms with Crippen molar-refractivity contribution in [3.63, 3.8) is 0 Å². The second kappa shape index (κ2) is 13.9. The molecule has 0 bridgehead atoms. The van der Waals surface area contributed by atoms with Gasteiger partial charge in [0.25, 0.3) is 0 Å². The summed E-state index contributed by atoms with van der Waals surface area (Å²) < 4.78 is 32.0. The lowest BCUT2D eigenvalue weighted by Gasteiger charge is -2.45. The van der Waals surface area contributed by atoms with Gasteiger partial charge in [0.1, 0.15) is 0 Å². The molecule has 0 amide bonds. The van der Waals surface area contributed by atoms with Gasteiger partial charge in [-0.2, -0.15) is 0 Å². The van der Waals surface area contributed by atoms with Crippen molar-refractivity contribution in [2.75, 3.05) is 0 Å². The standard InChI is InChI=1S/C28H34O12/c1-14(2)21(29)35-20(13)27(36-22(30)15(3)4,37-23(31)16(5)6)28(38-24(32)17(7)8,39-25(33)18(9)10)40-26(34)19(11)12/h20H,1,3,5,7,9,11H2,2,4,6,8,10,12-13H3. The van der Waals surface area contributed by atoms with E-state index in [1.165, 1.54) is 41.5 Å². The molecule has 0 fully saturated rings. The highest BCUT2D eigenvalue weighted by molar-refractivity contribution is 5.93. The Kier molecular flexibility index (Phi) is 12.2. The average molecular weight is 563 g/mol. The summed E-state index contributed by atoms with van der Waals surface area (Å²) in [7, 11) is 0. The molecule has 0 rings (SSSR count). The molecule has 0 spiro atoms. The molecule has 0 saturated carbocycles. The molecule has 0 aliphatic rings. The van der Waals surface area contributed by atoms with Gasteiger partial charge in [-0.15, -0.1) is 0 Å². The van der Waals surface area contributed by atoms with E-state index in [0.29, 0.717) is 0 Å². The van der Waals surface area contributed by atoms with Gasteiger partial charge in [-0.05, 0) is 48.5 Å². The first-order valence-corrected chi connectivity index (χ1v) is 11.4. The molecule has 40 heavy (non-hydrogen) atoms. The Morgan fingerprint density at radius 1 is 0.450 bits per heavy atom. The van der Waals surface area contributed by atoms with Crippen LogP contribution in [-0.2, 0) is 57.2 Å². The summed E-state index contributed by atoms with van der Waals surface area (Å²) in [5, 5.41) is 0. The van der Waals surface area contributed by atoms with E-state index in [4.69, 9.17) is 28.4 Å². The minimum Gasteiger partial charge on any atom is -0.450 e. The molecule has 12 nitrogen and oxygen atoms in total. The van der Waals surface area contributed by atoms with E-state index < -0.39 is 53.7 Å². The minimum atomic E-state index is -3.65.